The second-order valence-electron chi connectivity index (χ2n) is 27.8. The van der Waals surface area contributed by atoms with Crippen molar-refractivity contribution in [1.82, 2.24) is 29.7 Å². The van der Waals surface area contributed by atoms with E-state index in [0.717, 1.165) is 51.9 Å². The minimum Gasteiger partial charge on any atom is -0.510 e. The van der Waals surface area contributed by atoms with Crippen LogP contribution in [0.3, 0.4) is 0 Å². The molecule has 1 aliphatic carbocycles. The SMILES string of the molecule is C=CCCC1=CC[C@H]1C.CC(O)CC(C)O.CC(O)CC(C)O.CN1C=CN(c2[c-]cccc2)[CH-]1.CN1C=CN(c2[c-]cccc2)[CH-]1.CN1C=CN(c2ccccc2)C1C(C)(C)Cl.[Ir+3].[Ir+3].[c-]1ccccc1-c1nccc2ccccc12.[c-]1ccccc1-c1nccc2ccccc12.c1ccc(-c2nccc3ccccc23)cc1. The van der Waals surface area contributed by atoms with Crippen molar-refractivity contribution < 1.29 is 60.6 Å². The zero-order valence-corrected chi connectivity index (χ0v) is 71.8. The topological polar surface area (TPSA) is 139 Å². The number of fused-ring (bicyclic) bond motifs is 3. The molecular weight excluding hydrogens is 1780 g/mol. The number of allylic oxidation sites excluding steroid dienone is 3. The fraction of sp³-hybridized carbons (Fsp3) is 0.227. The Morgan fingerprint density at radius 1 is 0.478 bits per heavy atom. The molecule has 0 saturated heterocycles. The van der Waals surface area contributed by atoms with Crippen LogP contribution < -0.4 is 14.7 Å². The molecule has 5 unspecified atom stereocenters. The third-order valence-corrected chi connectivity index (χ3v) is 17.8. The van der Waals surface area contributed by atoms with Gasteiger partial charge in [-0.05, 0) is 187 Å². The van der Waals surface area contributed by atoms with E-state index in [4.69, 9.17) is 32.0 Å². The Balaban J connectivity index is 0.000000200. The number of alkyl halides is 1. The van der Waals surface area contributed by atoms with E-state index in [1.807, 2.05) is 293 Å². The fourth-order valence-electron chi connectivity index (χ4n) is 12.3. The second kappa shape index (κ2) is 48.9. The average Bonchev–Trinajstić information content (AvgIpc) is 1.67. The molecule has 0 saturated carbocycles. The van der Waals surface area contributed by atoms with E-state index < -0.39 is 0 Å². The largest absolute Gasteiger partial charge is 3.00 e. The number of aliphatic hydroxyl groups is 4. The van der Waals surface area contributed by atoms with E-state index in [9.17, 15) is 0 Å². The van der Waals surface area contributed by atoms with Gasteiger partial charge in [0.2, 0.25) is 0 Å². The quantitative estimate of drug-likeness (QED) is 0.0467. The molecule has 0 amide bonds. The Kier molecular flexibility index (Phi) is 39.8. The van der Waals surface area contributed by atoms with E-state index in [0.29, 0.717) is 12.8 Å². The molecule has 588 valence electrons. The summed E-state index contributed by atoms with van der Waals surface area (Å²) >= 11 is 6.46. The standard InChI is InChI=1S/C15H11N.2C15H10N.C13H17ClN2.2C10H10N2.C9H14.2C5H12O2.2Ir/c3*1-2-7-13(8-3-1)15-14-9-5-4-6-12(14)10-11-16-15;1-13(2,14)12-15(3)9-10-16(12)11-7-5-4-6-8-11;2*1-11-7-8-12(9-11)10-5-3-2-4-6-10;1-3-4-5-9-7-6-8(9)2;2*1-4(6)3-5(2)7;;/h1-11H;2*1-7,9-11H;4-10,12H,1-3H3;2*2-5,7-9H,1H3;3,7-8H,1,4-6H2,2H3;2*4-7H,3H2,1-2H3;;/q;2*-1;;2*-2;;;;2*+3/t;;;;;;8-;;;;/m......1..../s1. The Bertz CT molecular complexity index is 4410. The Morgan fingerprint density at radius 2 is 0.858 bits per heavy atom. The summed E-state index contributed by atoms with van der Waals surface area (Å²) in [5.74, 6) is 0.866. The van der Waals surface area contributed by atoms with E-state index >= 15 is 0 Å². The van der Waals surface area contributed by atoms with Gasteiger partial charge in [-0.3, -0.25) is 4.98 Å². The normalized spacial score (nSPS) is 15.0. The number of aromatic nitrogens is 3. The van der Waals surface area contributed by atoms with Crippen molar-refractivity contribution in [3.63, 3.8) is 0 Å². The van der Waals surface area contributed by atoms with Crippen LogP contribution >= 0.6 is 11.6 Å². The summed E-state index contributed by atoms with van der Waals surface area (Å²) < 4.78 is 0. The smallest absolute Gasteiger partial charge is 0.510 e. The number of pyridine rings is 3. The molecule has 0 fully saturated rings. The van der Waals surface area contributed by atoms with Crippen LogP contribution in [-0.4, -0.2) is 107 Å². The van der Waals surface area contributed by atoms with Crippen LogP contribution in [0.4, 0.5) is 17.1 Å². The van der Waals surface area contributed by atoms with Gasteiger partial charge in [-0.1, -0.05) is 146 Å². The van der Waals surface area contributed by atoms with Crippen molar-refractivity contribution in [2.45, 2.75) is 116 Å². The second-order valence-corrected chi connectivity index (χ2v) is 28.8. The van der Waals surface area contributed by atoms with Gasteiger partial charge >= 0.3 is 40.2 Å². The summed E-state index contributed by atoms with van der Waals surface area (Å²) in [7, 11) is 6.05. The van der Waals surface area contributed by atoms with Gasteiger partial charge in [0, 0.05) is 54.7 Å². The van der Waals surface area contributed by atoms with E-state index in [-0.39, 0.29) is 75.7 Å². The van der Waals surface area contributed by atoms with Gasteiger partial charge < -0.3 is 59.8 Å². The molecule has 12 aromatic rings. The van der Waals surface area contributed by atoms with Crippen LogP contribution in [0.2, 0.25) is 0 Å². The molecule has 0 spiro atoms. The van der Waals surface area contributed by atoms with Crippen molar-refractivity contribution in [3.05, 3.63) is 366 Å². The maximum absolute atomic E-state index is 8.56. The number of anilines is 3. The summed E-state index contributed by atoms with van der Waals surface area (Å²) in [5.41, 5.74) is 11.2. The maximum atomic E-state index is 8.56. The van der Waals surface area contributed by atoms with Crippen molar-refractivity contribution in [3.8, 4) is 33.8 Å². The number of hydrogen-bond acceptors (Lipinski definition) is 13. The summed E-state index contributed by atoms with van der Waals surface area (Å²) in [6.07, 6.45) is 25.3. The van der Waals surface area contributed by atoms with Crippen LogP contribution in [0.25, 0.3) is 66.1 Å². The Hall–Kier alpha value is -9.86. The fourth-order valence-corrected chi connectivity index (χ4v) is 12.5. The number of hydrogen-bond donors (Lipinski definition) is 4. The first-order valence-electron chi connectivity index (χ1n) is 37.6. The van der Waals surface area contributed by atoms with E-state index in [1.54, 1.807) is 33.3 Å². The van der Waals surface area contributed by atoms with Crippen LogP contribution in [0, 0.1) is 43.5 Å². The monoisotopic (exact) mass is 1880 g/mol. The van der Waals surface area contributed by atoms with Gasteiger partial charge in [-0.25, -0.2) is 0 Å². The van der Waals surface area contributed by atoms with Crippen LogP contribution in [0.15, 0.2) is 329 Å². The molecule has 3 aromatic heterocycles. The van der Waals surface area contributed by atoms with Crippen LogP contribution in [0.5, 0.6) is 0 Å². The number of aliphatic hydroxyl groups excluding tert-OH is 4. The summed E-state index contributed by atoms with van der Waals surface area (Å²) in [6, 6.07) is 96.0. The average molecular weight is 1880 g/mol. The first-order valence-corrected chi connectivity index (χ1v) is 38.0. The van der Waals surface area contributed by atoms with Gasteiger partial charge in [0.25, 0.3) is 0 Å². The third kappa shape index (κ3) is 30.5. The predicted molar refractivity (Wildman–Crippen MR) is 464 cm³/mol. The third-order valence-electron chi connectivity index (χ3n) is 17.6. The molecule has 6 heterocycles. The van der Waals surface area contributed by atoms with Gasteiger partial charge in [0.05, 0.1) is 35.0 Å². The molecule has 16 heteroatoms. The Morgan fingerprint density at radius 3 is 1.19 bits per heavy atom. The molecule has 4 aliphatic rings. The zero-order valence-electron chi connectivity index (χ0n) is 66.2. The zero-order chi connectivity index (χ0) is 79.3. The maximum Gasteiger partial charge on any atom is 3.00 e. The summed E-state index contributed by atoms with van der Waals surface area (Å²) in [4.78, 5) is 25.5. The summed E-state index contributed by atoms with van der Waals surface area (Å²) in [6.45, 7) is 20.7. The minimum absolute atomic E-state index is 0. The summed E-state index contributed by atoms with van der Waals surface area (Å²) in [5, 5.41) is 41.5. The first-order chi connectivity index (χ1) is 53.7. The molecule has 0 radical (unpaired) electrons. The van der Waals surface area contributed by atoms with Gasteiger partial charge in [-0.15, -0.1) is 101 Å². The number of rotatable bonds is 14. The van der Waals surface area contributed by atoms with Crippen LogP contribution in [-0.2, 0) is 40.2 Å². The molecule has 113 heavy (non-hydrogen) atoms. The van der Waals surface area contributed by atoms with Gasteiger partial charge in [-0.2, -0.15) is 74.0 Å². The molecule has 3 aliphatic heterocycles. The van der Waals surface area contributed by atoms with E-state index in [2.05, 4.69) is 154 Å². The minimum atomic E-state index is -0.375. The molecule has 4 N–H and O–H groups in total. The van der Waals surface area contributed by atoms with E-state index in [1.165, 1.54) is 56.4 Å². The first kappa shape index (κ1) is 92.0. The molecule has 9 aromatic carbocycles. The van der Waals surface area contributed by atoms with Crippen LogP contribution in [0.1, 0.15) is 80.6 Å². The Labute approximate surface area is 704 Å². The molecular formula is C97H106ClIr2N9O4. The van der Waals surface area contributed by atoms with Crippen molar-refractivity contribution in [2.24, 2.45) is 5.92 Å². The predicted octanol–water partition coefficient (Wildman–Crippen LogP) is 21.4. The van der Waals surface area contributed by atoms with Gasteiger partial charge in [0.15, 0.2) is 0 Å². The molecule has 16 rings (SSSR count). The number of para-hydroxylation sites is 3. The number of benzene rings is 9. The number of halogens is 1. The van der Waals surface area contributed by atoms with Crippen molar-refractivity contribution >= 4 is 61.0 Å². The van der Waals surface area contributed by atoms with Gasteiger partial charge in [0.1, 0.15) is 6.17 Å². The van der Waals surface area contributed by atoms with Crippen molar-refractivity contribution in [1.29, 1.82) is 0 Å². The number of nitrogens with zero attached hydrogens (tertiary/aromatic N) is 9. The molecule has 6 atom stereocenters. The van der Waals surface area contributed by atoms with Crippen molar-refractivity contribution in [2.75, 3.05) is 35.8 Å². The molecule has 13 nitrogen and oxygen atoms in total. The molecule has 0 bridgehead atoms.